The van der Waals surface area contributed by atoms with Crippen LogP contribution in [0.25, 0.3) is 117 Å². The van der Waals surface area contributed by atoms with Crippen LogP contribution in [0.4, 0.5) is 0 Å². The largest absolute Gasteiger partial charge is 0.488 e. The van der Waals surface area contributed by atoms with Crippen LogP contribution in [0.1, 0.15) is 0 Å². The van der Waals surface area contributed by atoms with Crippen molar-refractivity contribution in [3.8, 4) is 56.0 Å². The van der Waals surface area contributed by atoms with Gasteiger partial charge in [0.1, 0.15) is 5.15 Å². The van der Waals surface area contributed by atoms with E-state index in [4.69, 9.17) is 33.2 Å². The topological polar surface area (TPSA) is 92.0 Å². The van der Waals surface area contributed by atoms with Crippen LogP contribution in [-0.2, 0) is 0 Å². The molecular formula is C62H39BCl2N4O2S3. The molecule has 354 valence electrons. The van der Waals surface area contributed by atoms with Crippen LogP contribution in [0, 0.1) is 0 Å². The third-order valence-corrected chi connectivity index (χ3v) is 16.9. The lowest BCUT2D eigenvalue weighted by Crippen LogP contribution is -2.29. The van der Waals surface area contributed by atoms with E-state index in [9.17, 15) is 10.0 Å². The van der Waals surface area contributed by atoms with Gasteiger partial charge in [-0.25, -0.2) is 19.9 Å². The van der Waals surface area contributed by atoms with Gasteiger partial charge in [-0.15, -0.1) is 34.0 Å². The Kier molecular flexibility index (Phi) is 13.3. The monoisotopic (exact) mass is 1050 g/mol. The normalized spacial score (nSPS) is 11.2. The molecule has 0 unspecified atom stereocenters. The molecule has 6 nitrogen and oxygen atoms in total. The van der Waals surface area contributed by atoms with E-state index in [2.05, 4.69) is 186 Å². The summed E-state index contributed by atoms with van der Waals surface area (Å²) in [5.74, 6) is 0.727. The minimum absolute atomic E-state index is 0.178. The highest BCUT2D eigenvalue weighted by Gasteiger charge is 2.16. The molecule has 14 aromatic rings. The van der Waals surface area contributed by atoms with Crippen molar-refractivity contribution in [2.45, 2.75) is 0 Å². The number of nitrogens with zero attached hydrogens (tertiary/aromatic N) is 4. The second-order valence-electron chi connectivity index (χ2n) is 17.4. The lowest BCUT2D eigenvalue weighted by molar-refractivity contribution is 0.426. The molecule has 0 bridgehead atoms. The van der Waals surface area contributed by atoms with E-state index in [1.807, 2.05) is 53.1 Å². The molecule has 2 N–H and O–H groups in total. The SMILES string of the molecule is Clc1ccnc(Cl)n1.OB(O)c1cccc(-c2cccc3c2sc2ccccc23)c1.c1cc(-c2ccnc(-c3cccc(-c4cccc5c4sc4ccccc45)c3)n2)cc(-c2cccc3c2sc2ccccc23)c1. The number of fused-ring (bicyclic) bond motifs is 9. The third-order valence-electron chi connectivity index (χ3n) is 12.9. The van der Waals surface area contributed by atoms with Gasteiger partial charge in [0.2, 0.25) is 5.28 Å². The Morgan fingerprint density at radius 1 is 0.365 bits per heavy atom. The zero-order valence-corrected chi connectivity index (χ0v) is 43.1. The molecule has 0 atom stereocenters. The minimum atomic E-state index is -1.44. The van der Waals surface area contributed by atoms with Crippen molar-refractivity contribution in [3.05, 3.63) is 235 Å². The second-order valence-corrected chi connectivity index (χ2v) is 21.3. The summed E-state index contributed by atoms with van der Waals surface area (Å²) < 4.78 is 7.76. The lowest BCUT2D eigenvalue weighted by Gasteiger charge is -2.09. The molecule has 0 spiro atoms. The predicted octanol–water partition coefficient (Wildman–Crippen LogP) is 17.1. The first kappa shape index (κ1) is 47.4. The fourth-order valence-corrected chi connectivity index (χ4v) is 13.5. The van der Waals surface area contributed by atoms with Crippen molar-refractivity contribution in [1.82, 2.24) is 19.9 Å². The lowest BCUT2D eigenvalue weighted by atomic mass is 9.79. The van der Waals surface area contributed by atoms with Crippen LogP contribution in [0.2, 0.25) is 10.4 Å². The Hall–Kier alpha value is -7.64. The van der Waals surface area contributed by atoms with E-state index in [0.29, 0.717) is 10.6 Å². The summed E-state index contributed by atoms with van der Waals surface area (Å²) in [6.45, 7) is 0. The smallest absolute Gasteiger partial charge is 0.423 e. The molecule has 0 aliphatic carbocycles. The molecule has 74 heavy (non-hydrogen) atoms. The first-order chi connectivity index (χ1) is 36.3. The van der Waals surface area contributed by atoms with Crippen molar-refractivity contribution >= 4 is 130 Å². The van der Waals surface area contributed by atoms with Crippen molar-refractivity contribution in [1.29, 1.82) is 0 Å². The van der Waals surface area contributed by atoms with Crippen LogP contribution in [0.5, 0.6) is 0 Å². The van der Waals surface area contributed by atoms with Gasteiger partial charge in [-0.1, -0.05) is 181 Å². The molecule has 5 aromatic heterocycles. The average molecular weight is 1050 g/mol. The highest BCUT2D eigenvalue weighted by molar-refractivity contribution is 7.27. The first-order valence-corrected chi connectivity index (χ1v) is 26.9. The number of hydrogen-bond donors (Lipinski definition) is 2. The quantitative estimate of drug-likeness (QED) is 0.0979. The predicted molar refractivity (Wildman–Crippen MR) is 316 cm³/mol. The maximum atomic E-state index is 9.38. The summed E-state index contributed by atoms with van der Waals surface area (Å²) in [6.07, 6.45) is 3.37. The molecule has 0 aliphatic heterocycles. The van der Waals surface area contributed by atoms with Crippen molar-refractivity contribution in [2.75, 3.05) is 0 Å². The molecule has 14 rings (SSSR count). The van der Waals surface area contributed by atoms with E-state index in [-0.39, 0.29) is 5.28 Å². The van der Waals surface area contributed by atoms with Gasteiger partial charge < -0.3 is 10.0 Å². The van der Waals surface area contributed by atoms with Crippen molar-refractivity contribution in [3.63, 3.8) is 0 Å². The maximum absolute atomic E-state index is 9.38. The summed E-state index contributed by atoms with van der Waals surface area (Å²) in [4.78, 5) is 17.0. The highest BCUT2D eigenvalue weighted by Crippen LogP contribution is 2.43. The van der Waals surface area contributed by atoms with Gasteiger partial charge >= 0.3 is 7.12 Å². The molecule has 9 aromatic carbocycles. The van der Waals surface area contributed by atoms with Crippen LogP contribution < -0.4 is 5.46 Å². The summed E-state index contributed by atoms with van der Waals surface area (Å²) in [7, 11) is -1.44. The number of thiophene rings is 3. The van der Waals surface area contributed by atoms with Gasteiger partial charge in [0.05, 0.1) is 5.69 Å². The molecular weight excluding hydrogens is 1010 g/mol. The molecule has 0 radical (unpaired) electrons. The standard InChI is InChI=1S/C40H24N2S2.C18H13BO2S.C4H2Cl2N2/c1-3-19-36-31(13-1)33-17-7-15-29(38(33)43-36)25-9-5-11-27(23-25)35-21-22-41-40(42-35)28-12-6-10-26(24-28)30-16-8-18-34-32-14-2-4-20-37(32)44-39(30)34;20-19(21)13-6-3-5-12(11-13)14-8-4-9-16-15-7-1-2-10-17(15)22-18(14)16;5-3-1-2-7-4(6)8-3/h1-24H;1-11,20-21H;1-2H. The number of rotatable bonds is 6. The molecule has 0 saturated heterocycles. The second kappa shape index (κ2) is 20.7. The van der Waals surface area contributed by atoms with E-state index >= 15 is 0 Å². The Morgan fingerprint density at radius 3 is 1.27 bits per heavy atom. The Bertz CT molecular complexity index is 4190. The fourth-order valence-electron chi connectivity index (χ4n) is 9.44. The number of halogens is 2. The number of benzene rings is 9. The third kappa shape index (κ3) is 9.45. The van der Waals surface area contributed by atoms with Gasteiger partial charge in [-0.2, -0.15) is 0 Å². The Labute approximate surface area is 448 Å². The maximum Gasteiger partial charge on any atom is 0.488 e. The van der Waals surface area contributed by atoms with Gasteiger partial charge in [0.15, 0.2) is 5.82 Å². The average Bonchev–Trinajstić information content (AvgIpc) is 4.15. The minimum Gasteiger partial charge on any atom is -0.423 e. The molecule has 0 aliphatic rings. The zero-order chi connectivity index (χ0) is 50.1. The van der Waals surface area contributed by atoms with Crippen molar-refractivity contribution in [2.24, 2.45) is 0 Å². The zero-order valence-electron chi connectivity index (χ0n) is 39.1. The molecule has 12 heteroatoms. The van der Waals surface area contributed by atoms with E-state index < -0.39 is 7.12 Å². The van der Waals surface area contributed by atoms with Crippen LogP contribution in [-0.4, -0.2) is 37.1 Å². The Morgan fingerprint density at radius 2 is 0.784 bits per heavy atom. The highest BCUT2D eigenvalue weighted by atomic mass is 35.5. The number of hydrogen-bond acceptors (Lipinski definition) is 9. The summed E-state index contributed by atoms with van der Waals surface area (Å²) in [5.41, 5.74) is 10.5. The van der Waals surface area contributed by atoms with Crippen LogP contribution >= 0.6 is 57.2 Å². The van der Waals surface area contributed by atoms with Gasteiger partial charge in [0, 0.05) is 84.0 Å². The molecule has 0 amide bonds. The van der Waals surface area contributed by atoms with E-state index in [1.165, 1.54) is 89.0 Å². The van der Waals surface area contributed by atoms with E-state index in [0.717, 1.165) is 33.8 Å². The van der Waals surface area contributed by atoms with Gasteiger partial charge in [0.25, 0.3) is 0 Å². The van der Waals surface area contributed by atoms with Crippen LogP contribution in [0.3, 0.4) is 0 Å². The summed E-state index contributed by atoms with van der Waals surface area (Å²) in [6, 6.07) is 73.5. The summed E-state index contributed by atoms with van der Waals surface area (Å²) in [5, 5.41) is 27.1. The van der Waals surface area contributed by atoms with Crippen LogP contribution in [0.15, 0.2) is 225 Å². The molecule has 5 heterocycles. The Balaban J connectivity index is 0.000000153. The number of aromatic nitrogens is 4. The summed E-state index contributed by atoms with van der Waals surface area (Å²) >= 11 is 16.2. The van der Waals surface area contributed by atoms with Gasteiger partial charge in [-0.05, 0) is 92.9 Å². The molecule has 0 saturated carbocycles. The van der Waals surface area contributed by atoms with Crippen molar-refractivity contribution < 1.29 is 10.0 Å². The van der Waals surface area contributed by atoms with E-state index in [1.54, 1.807) is 23.5 Å². The van der Waals surface area contributed by atoms with Gasteiger partial charge in [-0.3, -0.25) is 0 Å². The molecule has 0 fully saturated rings. The fraction of sp³-hybridized carbons (Fsp3) is 0. The first-order valence-electron chi connectivity index (χ1n) is 23.7.